The van der Waals surface area contributed by atoms with Crippen LogP contribution in [0.2, 0.25) is 5.02 Å². The molecule has 0 spiro atoms. The van der Waals surface area contributed by atoms with Gasteiger partial charge in [0.1, 0.15) is 5.56 Å². The number of halogens is 1. The Bertz CT molecular complexity index is 906. The van der Waals surface area contributed by atoms with Crippen molar-refractivity contribution in [3.63, 3.8) is 0 Å². The predicted molar refractivity (Wildman–Crippen MR) is 92.9 cm³/mol. The summed E-state index contributed by atoms with van der Waals surface area (Å²) < 4.78 is 0. The highest BCUT2D eigenvalue weighted by atomic mass is 35.5. The van der Waals surface area contributed by atoms with E-state index in [0.717, 1.165) is 11.1 Å². The summed E-state index contributed by atoms with van der Waals surface area (Å²) in [5, 5.41) is 3.32. The van der Waals surface area contributed by atoms with Crippen molar-refractivity contribution in [1.29, 1.82) is 0 Å². The number of H-pyrrole nitrogens is 1. The van der Waals surface area contributed by atoms with Crippen LogP contribution in [0.25, 0.3) is 11.3 Å². The number of nitrogens with zero attached hydrogens (tertiary/aromatic N) is 1. The molecule has 2 aromatic heterocycles. The highest BCUT2D eigenvalue weighted by molar-refractivity contribution is 6.30. The lowest BCUT2D eigenvalue weighted by molar-refractivity contribution is 0.0949. The van der Waals surface area contributed by atoms with E-state index in [1.165, 1.54) is 6.07 Å². The largest absolute Gasteiger partial charge is 0.348 e. The summed E-state index contributed by atoms with van der Waals surface area (Å²) in [7, 11) is 0. The summed E-state index contributed by atoms with van der Waals surface area (Å²) in [6.45, 7) is 0.311. The molecule has 2 N–H and O–H groups in total. The van der Waals surface area contributed by atoms with E-state index < -0.39 is 11.5 Å². The van der Waals surface area contributed by atoms with E-state index in [0.29, 0.717) is 17.3 Å². The number of benzene rings is 1. The average Bonchev–Trinajstić information content (AvgIpc) is 2.61. The molecule has 0 saturated carbocycles. The van der Waals surface area contributed by atoms with Gasteiger partial charge in [-0.1, -0.05) is 29.8 Å². The van der Waals surface area contributed by atoms with E-state index in [9.17, 15) is 9.59 Å². The third-order valence-electron chi connectivity index (χ3n) is 3.49. The maximum atomic E-state index is 12.2. The second-order valence-electron chi connectivity index (χ2n) is 5.17. The first-order valence-corrected chi connectivity index (χ1v) is 7.67. The first-order valence-electron chi connectivity index (χ1n) is 7.30. The second kappa shape index (κ2) is 7.10. The average molecular weight is 340 g/mol. The Balaban J connectivity index is 1.76. The zero-order valence-corrected chi connectivity index (χ0v) is 13.4. The standard InChI is InChI=1S/C18H14ClN3O2/c19-14-5-3-13(4-6-14)16-8-7-15(18(24)22-16)17(23)21-11-12-2-1-9-20-10-12/h1-10H,11H2,(H,21,23)(H,22,24). The van der Waals surface area contributed by atoms with Crippen LogP contribution in [0, 0.1) is 0 Å². The van der Waals surface area contributed by atoms with Crippen molar-refractivity contribution < 1.29 is 4.79 Å². The van der Waals surface area contributed by atoms with Crippen LogP contribution < -0.4 is 10.9 Å². The second-order valence-corrected chi connectivity index (χ2v) is 5.60. The predicted octanol–water partition coefficient (Wildman–Crippen LogP) is 3.02. The van der Waals surface area contributed by atoms with Crippen LogP contribution in [-0.2, 0) is 6.54 Å². The van der Waals surface area contributed by atoms with Gasteiger partial charge in [-0.2, -0.15) is 0 Å². The van der Waals surface area contributed by atoms with Gasteiger partial charge in [-0.15, -0.1) is 0 Å². The van der Waals surface area contributed by atoms with E-state index in [1.807, 2.05) is 6.07 Å². The van der Waals surface area contributed by atoms with Crippen molar-refractivity contribution in [3.8, 4) is 11.3 Å². The zero-order chi connectivity index (χ0) is 16.9. The number of pyridine rings is 2. The molecule has 0 bridgehead atoms. The summed E-state index contributed by atoms with van der Waals surface area (Å²) in [6, 6.07) is 13.9. The quantitative estimate of drug-likeness (QED) is 0.767. The van der Waals surface area contributed by atoms with Crippen LogP contribution in [0.1, 0.15) is 15.9 Å². The first kappa shape index (κ1) is 16.0. The zero-order valence-electron chi connectivity index (χ0n) is 12.6. The minimum Gasteiger partial charge on any atom is -0.348 e. The molecule has 1 amide bonds. The number of aromatic amines is 1. The van der Waals surface area contributed by atoms with Gasteiger partial charge in [0.05, 0.1) is 0 Å². The molecule has 6 heteroatoms. The summed E-state index contributed by atoms with van der Waals surface area (Å²) in [4.78, 5) is 31.0. The van der Waals surface area contributed by atoms with Crippen LogP contribution in [0.15, 0.2) is 65.7 Å². The Morgan fingerprint density at radius 3 is 2.58 bits per heavy atom. The lowest BCUT2D eigenvalue weighted by Gasteiger charge is -2.06. The Morgan fingerprint density at radius 1 is 1.12 bits per heavy atom. The number of rotatable bonds is 4. The first-order chi connectivity index (χ1) is 11.6. The minimum atomic E-state index is -0.439. The van der Waals surface area contributed by atoms with Gasteiger partial charge in [0, 0.05) is 29.7 Å². The number of carbonyl (C=O) groups excluding carboxylic acids is 1. The number of nitrogens with one attached hydrogen (secondary N) is 2. The molecule has 0 saturated heterocycles. The van der Waals surface area contributed by atoms with Crippen molar-refractivity contribution >= 4 is 17.5 Å². The topological polar surface area (TPSA) is 74.8 Å². The Morgan fingerprint density at radius 2 is 1.92 bits per heavy atom. The molecular weight excluding hydrogens is 326 g/mol. The third kappa shape index (κ3) is 3.70. The molecule has 0 aliphatic carbocycles. The van der Waals surface area contributed by atoms with Gasteiger partial charge in [-0.25, -0.2) is 0 Å². The maximum Gasteiger partial charge on any atom is 0.261 e. The molecule has 5 nitrogen and oxygen atoms in total. The fraction of sp³-hybridized carbons (Fsp3) is 0.0556. The Kier molecular flexibility index (Phi) is 4.72. The molecule has 3 rings (SSSR count). The highest BCUT2D eigenvalue weighted by Gasteiger charge is 2.11. The van der Waals surface area contributed by atoms with Gasteiger partial charge in [-0.05, 0) is 41.5 Å². The van der Waals surface area contributed by atoms with Crippen molar-refractivity contribution in [2.24, 2.45) is 0 Å². The van der Waals surface area contributed by atoms with Crippen molar-refractivity contribution in [1.82, 2.24) is 15.3 Å². The van der Waals surface area contributed by atoms with Gasteiger partial charge in [0.25, 0.3) is 11.5 Å². The van der Waals surface area contributed by atoms with Gasteiger partial charge in [-0.3, -0.25) is 14.6 Å². The fourth-order valence-electron chi connectivity index (χ4n) is 2.23. The normalized spacial score (nSPS) is 10.4. The molecule has 24 heavy (non-hydrogen) atoms. The number of hydrogen-bond donors (Lipinski definition) is 2. The van der Waals surface area contributed by atoms with Crippen molar-refractivity contribution in [2.75, 3.05) is 0 Å². The number of hydrogen-bond acceptors (Lipinski definition) is 3. The van der Waals surface area contributed by atoms with E-state index in [2.05, 4.69) is 15.3 Å². The van der Waals surface area contributed by atoms with Crippen LogP contribution in [0.3, 0.4) is 0 Å². The molecule has 2 heterocycles. The van der Waals surface area contributed by atoms with Gasteiger partial charge >= 0.3 is 0 Å². The number of aromatic nitrogens is 2. The Labute approximate surface area is 143 Å². The smallest absolute Gasteiger partial charge is 0.261 e. The van der Waals surface area contributed by atoms with Crippen molar-refractivity contribution in [3.05, 3.63) is 87.4 Å². The highest BCUT2D eigenvalue weighted by Crippen LogP contribution is 2.18. The summed E-state index contributed by atoms with van der Waals surface area (Å²) in [5.74, 6) is -0.428. The molecule has 0 unspecified atom stereocenters. The molecule has 120 valence electrons. The lowest BCUT2D eigenvalue weighted by atomic mass is 10.1. The van der Waals surface area contributed by atoms with Gasteiger partial charge < -0.3 is 10.3 Å². The van der Waals surface area contributed by atoms with Crippen molar-refractivity contribution in [2.45, 2.75) is 6.54 Å². The number of carbonyl (C=O) groups is 1. The molecular formula is C18H14ClN3O2. The molecule has 3 aromatic rings. The molecule has 0 aliphatic rings. The SMILES string of the molecule is O=C(NCc1cccnc1)c1ccc(-c2ccc(Cl)cc2)[nH]c1=O. The van der Waals surface area contributed by atoms with E-state index in [-0.39, 0.29) is 5.56 Å². The number of amides is 1. The summed E-state index contributed by atoms with van der Waals surface area (Å²) in [5.41, 5.74) is 1.93. The summed E-state index contributed by atoms with van der Waals surface area (Å²) >= 11 is 5.85. The Hall–Kier alpha value is -2.92. The fourth-order valence-corrected chi connectivity index (χ4v) is 2.36. The minimum absolute atomic E-state index is 0.0663. The lowest BCUT2D eigenvalue weighted by Crippen LogP contribution is -2.29. The summed E-state index contributed by atoms with van der Waals surface area (Å²) in [6.07, 6.45) is 3.32. The van der Waals surface area contributed by atoms with Crippen LogP contribution in [-0.4, -0.2) is 15.9 Å². The van der Waals surface area contributed by atoms with E-state index in [1.54, 1.807) is 48.8 Å². The molecule has 0 aliphatic heterocycles. The van der Waals surface area contributed by atoms with E-state index in [4.69, 9.17) is 11.6 Å². The van der Waals surface area contributed by atoms with Crippen LogP contribution >= 0.6 is 11.6 Å². The van der Waals surface area contributed by atoms with Crippen LogP contribution in [0.5, 0.6) is 0 Å². The maximum absolute atomic E-state index is 12.2. The molecule has 0 atom stereocenters. The van der Waals surface area contributed by atoms with Gasteiger partial charge in [0.2, 0.25) is 0 Å². The molecule has 0 fully saturated rings. The molecule has 0 radical (unpaired) electrons. The third-order valence-corrected chi connectivity index (χ3v) is 3.74. The van der Waals surface area contributed by atoms with Crippen LogP contribution in [0.4, 0.5) is 0 Å². The van der Waals surface area contributed by atoms with E-state index >= 15 is 0 Å². The monoisotopic (exact) mass is 339 g/mol. The molecule has 1 aromatic carbocycles. The van der Waals surface area contributed by atoms with Gasteiger partial charge in [0.15, 0.2) is 0 Å².